The molecule has 0 aliphatic carbocycles. The van der Waals surface area contributed by atoms with Gasteiger partial charge in [0.25, 0.3) is 5.91 Å². The van der Waals surface area contributed by atoms with Gasteiger partial charge in [-0.25, -0.2) is 9.48 Å². The summed E-state index contributed by atoms with van der Waals surface area (Å²) in [4.78, 5) is 23.4. The molecule has 22 heavy (non-hydrogen) atoms. The van der Waals surface area contributed by atoms with Crippen molar-refractivity contribution in [3.63, 3.8) is 0 Å². The number of nitrogens with zero attached hydrogens (tertiary/aromatic N) is 2. The lowest BCUT2D eigenvalue weighted by Crippen LogP contribution is -2.41. The van der Waals surface area contributed by atoms with Crippen molar-refractivity contribution >= 4 is 11.9 Å². The van der Waals surface area contributed by atoms with Crippen molar-refractivity contribution in [3.8, 4) is 5.69 Å². The standard InChI is InChI=1S/C16H19N3O3/c1-11(2)8-14(16(21)22)18-15(20)12-9-17-19(10-12)13-6-4-3-5-7-13/h3-7,9-11,14H,8H2,1-2H3,(H,18,20)(H,21,22)/t14-/m1/s1. The Bertz CT molecular complexity index is 650. The Morgan fingerprint density at radius 3 is 2.55 bits per heavy atom. The molecule has 2 rings (SSSR count). The molecule has 1 aromatic heterocycles. The average molecular weight is 301 g/mol. The van der Waals surface area contributed by atoms with Gasteiger partial charge in [-0.2, -0.15) is 5.10 Å². The normalized spacial score (nSPS) is 12.1. The van der Waals surface area contributed by atoms with E-state index < -0.39 is 17.9 Å². The Balaban J connectivity index is 2.10. The Labute approximate surface area is 128 Å². The molecule has 0 spiro atoms. The molecule has 1 amide bonds. The molecule has 2 N–H and O–H groups in total. The van der Waals surface area contributed by atoms with E-state index in [0.29, 0.717) is 12.0 Å². The molecule has 0 aliphatic heterocycles. The van der Waals surface area contributed by atoms with E-state index in [4.69, 9.17) is 5.11 Å². The van der Waals surface area contributed by atoms with Gasteiger partial charge in [-0.3, -0.25) is 4.79 Å². The summed E-state index contributed by atoms with van der Waals surface area (Å²) >= 11 is 0. The highest BCUT2D eigenvalue weighted by Crippen LogP contribution is 2.09. The second kappa shape index (κ2) is 6.89. The largest absolute Gasteiger partial charge is 0.480 e. The first-order valence-corrected chi connectivity index (χ1v) is 7.11. The van der Waals surface area contributed by atoms with Crippen LogP contribution in [0.1, 0.15) is 30.6 Å². The van der Waals surface area contributed by atoms with Crippen molar-refractivity contribution in [2.45, 2.75) is 26.3 Å². The third-order valence-electron chi connectivity index (χ3n) is 3.18. The number of carbonyl (C=O) groups is 2. The smallest absolute Gasteiger partial charge is 0.326 e. The van der Waals surface area contributed by atoms with Gasteiger partial charge < -0.3 is 10.4 Å². The van der Waals surface area contributed by atoms with Gasteiger partial charge in [-0.1, -0.05) is 32.0 Å². The van der Waals surface area contributed by atoms with Crippen LogP contribution in [0.2, 0.25) is 0 Å². The molecule has 0 bridgehead atoms. The van der Waals surface area contributed by atoms with E-state index in [1.807, 2.05) is 44.2 Å². The second-order valence-corrected chi connectivity index (χ2v) is 5.50. The van der Waals surface area contributed by atoms with Crippen LogP contribution in [0.3, 0.4) is 0 Å². The number of para-hydroxylation sites is 1. The fourth-order valence-corrected chi connectivity index (χ4v) is 2.10. The molecule has 0 radical (unpaired) electrons. The summed E-state index contributed by atoms with van der Waals surface area (Å²) in [6, 6.07) is 8.48. The van der Waals surface area contributed by atoms with Gasteiger partial charge in [0.05, 0.1) is 17.4 Å². The number of hydrogen-bond acceptors (Lipinski definition) is 3. The number of carboxylic acid groups (broad SMARTS) is 1. The maximum Gasteiger partial charge on any atom is 0.326 e. The molecule has 1 heterocycles. The molecule has 1 atom stereocenters. The van der Waals surface area contributed by atoms with Crippen LogP contribution in [0.4, 0.5) is 0 Å². The molecule has 116 valence electrons. The van der Waals surface area contributed by atoms with Crippen LogP contribution in [0, 0.1) is 5.92 Å². The lowest BCUT2D eigenvalue weighted by molar-refractivity contribution is -0.139. The topological polar surface area (TPSA) is 84.2 Å². The first-order chi connectivity index (χ1) is 10.5. The number of hydrogen-bond donors (Lipinski definition) is 2. The highest BCUT2D eigenvalue weighted by Gasteiger charge is 2.22. The first kappa shape index (κ1) is 15.8. The minimum atomic E-state index is -1.03. The fourth-order valence-electron chi connectivity index (χ4n) is 2.10. The summed E-state index contributed by atoms with van der Waals surface area (Å²) in [5.41, 5.74) is 1.16. The summed E-state index contributed by atoms with van der Waals surface area (Å²) in [7, 11) is 0. The van der Waals surface area contributed by atoms with Gasteiger partial charge in [0.15, 0.2) is 0 Å². The summed E-state index contributed by atoms with van der Waals surface area (Å²) in [6.45, 7) is 3.82. The minimum Gasteiger partial charge on any atom is -0.480 e. The van der Waals surface area contributed by atoms with Crippen LogP contribution in [-0.4, -0.2) is 32.8 Å². The van der Waals surface area contributed by atoms with E-state index >= 15 is 0 Å². The van der Waals surface area contributed by atoms with Crippen LogP contribution in [-0.2, 0) is 4.79 Å². The van der Waals surface area contributed by atoms with Gasteiger partial charge >= 0.3 is 5.97 Å². The van der Waals surface area contributed by atoms with E-state index in [1.54, 1.807) is 10.9 Å². The summed E-state index contributed by atoms with van der Waals surface area (Å²) < 4.78 is 1.58. The lowest BCUT2D eigenvalue weighted by atomic mass is 10.0. The molecule has 0 unspecified atom stereocenters. The van der Waals surface area contributed by atoms with Crippen molar-refractivity contribution in [2.24, 2.45) is 5.92 Å². The van der Waals surface area contributed by atoms with Crippen molar-refractivity contribution in [2.75, 3.05) is 0 Å². The molecule has 0 aliphatic rings. The van der Waals surface area contributed by atoms with Gasteiger partial charge in [0.1, 0.15) is 6.04 Å². The van der Waals surface area contributed by atoms with Crippen LogP contribution < -0.4 is 5.32 Å². The molecule has 2 aromatic rings. The highest BCUT2D eigenvalue weighted by atomic mass is 16.4. The Morgan fingerprint density at radius 2 is 1.95 bits per heavy atom. The molecule has 0 saturated heterocycles. The van der Waals surface area contributed by atoms with E-state index in [2.05, 4.69) is 10.4 Å². The maximum atomic E-state index is 12.2. The Morgan fingerprint density at radius 1 is 1.27 bits per heavy atom. The molecule has 1 aromatic carbocycles. The SMILES string of the molecule is CC(C)C[C@@H](NC(=O)c1cnn(-c2ccccc2)c1)C(=O)O. The van der Waals surface area contributed by atoms with Crippen LogP contribution in [0.15, 0.2) is 42.7 Å². The van der Waals surface area contributed by atoms with Gasteiger partial charge in [0.2, 0.25) is 0 Å². The molecule has 6 heteroatoms. The van der Waals surface area contributed by atoms with Crippen molar-refractivity contribution in [1.82, 2.24) is 15.1 Å². The summed E-state index contributed by atoms with van der Waals surface area (Å²) in [5, 5.41) is 15.8. The van der Waals surface area contributed by atoms with Crippen LogP contribution in [0.5, 0.6) is 0 Å². The predicted molar refractivity (Wildman–Crippen MR) is 81.9 cm³/mol. The summed E-state index contributed by atoms with van der Waals surface area (Å²) in [6.07, 6.45) is 3.39. The molecule has 0 saturated carbocycles. The number of carbonyl (C=O) groups excluding carboxylic acids is 1. The lowest BCUT2D eigenvalue weighted by Gasteiger charge is -2.15. The summed E-state index contributed by atoms with van der Waals surface area (Å²) in [5.74, 6) is -1.29. The number of rotatable bonds is 6. The van der Waals surface area contributed by atoms with Gasteiger partial charge in [-0.05, 0) is 24.5 Å². The van der Waals surface area contributed by atoms with E-state index in [9.17, 15) is 9.59 Å². The quantitative estimate of drug-likeness (QED) is 0.855. The number of benzene rings is 1. The number of nitrogens with one attached hydrogen (secondary N) is 1. The zero-order chi connectivity index (χ0) is 16.1. The monoisotopic (exact) mass is 301 g/mol. The van der Waals surface area contributed by atoms with Gasteiger partial charge in [0, 0.05) is 6.20 Å². The number of carboxylic acids is 1. The van der Waals surface area contributed by atoms with Crippen molar-refractivity contribution < 1.29 is 14.7 Å². The molecular weight excluding hydrogens is 282 g/mol. The molecular formula is C16H19N3O3. The van der Waals surface area contributed by atoms with E-state index in [0.717, 1.165) is 5.69 Å². The van der Waals surface area contributed by atoms with E-state index in [-0.39, 0.29) is 5.92 Å². The zero-order valence-corrected chi connectivity index (χ0v) is 12.6. The van der Waals surface area contributed by atoms with E-state index in [1.165, 1.54) is 6.20 Å². The third-order valence-corrected chi connectivity index (χ3v) is 3.18. The van der Waals surface area contributed by atoms with Crippen molar-refractivity contribution in [1.29, 1.82) is 0 Å². The second-order valence-electron chi connectivity index (χ2n) is 5.50. The van der Waals surface area contributed by atoms with Gasteiger partial charge in [-0.15, -0.1) is 0 Å². The number of aliphatic carboxylic acids is 1. The number of aromatic nitrogens is 2. The molecule has 0 fully saturated rings. The third kappa shape index (κ3) is 3.94. The fraction of sp³-hybridized carbons (Fsp3) is 0.312. The predicted octanol–water partition coefficient (Wildman–Crippen LogP) is 2.10. The average Bonchev–Trinajstić information content (AvgIpc) is 2.96. The minimum absolute atomic E-state index is 0.174. The van der Waals surface area contributed by atoms with Crippen LogP contribution in [0.25, 0.3) is 5.69 Å². The molecule has 6 nitrogen and oxygen atoms in total. The number of amides is 1. The zero-order valence-electron chi connectivity index (χ0n) is 12.6. The maximum absolute atomic E-state index is 12.2. The Kier molecular flexibility index (Phi) is 4.93. The van der Waals surface area contributed by atoms with Crippen molar-refractivity contribution in [3.05, 3.63) is 48.3 Å². The first-order valence-electron chi connectivity index (χ1n) is 7.11. The Hall–Kier alpha value is -2.63. The van der Waals surface area contributed by atoms with Crippen LogP contribution >= 0.6 is 0 Å². The highest BCUT2D eigenvalue weighted by molar-refractivity contribution is 5.96.